The van der Waals surface area contributed by atoms with Crippen molar-refractivity contribution in [3.05, 3.63) is 41.5 Å². The first-order valence-corrected chi connectivity index (χ1v) is 7.66. The van der Waals surface area contributed by atoms with Crippen LogP contribution in [0.15, 0.2) is 30.3 Å². The number of nitrogens with one attached hydrogen (secondary N) is 2. The van der Waals surface area contributed by atoms with Gasteiger partial charge in [-0.1, -0.05) is 6.07 Å². The Morgan fingerprint density at radius 2 is 1.64 bits per heavy atom. The summed E-state index contributed by atoms with van der Waals surface area (Å²) in [5.74, 6) is 2.19. The number of aromatic hydroxyl groups is 1. The van der Waals surface area contributed by atoms with Crippen LogP contribution in [0.5, 0.6) is 28.7 Å². The van der Waals surface area contributed by atoms with Crippen LogP contribution in [0, 0.1) is 0 Å². The lowest BCUT2D eigenvalue weighted by Gasteiger charge is -2.21. The SMILES string of the molecule is CNC(=O)NC(c1ccc2c(c1)OCO2)c1cc2c(cc1O)OCO2. The lowest BCUT2D eigenvalue weighted by atomic mass is 9.97. The number of phenols is 1. The van der Waals surface area contributed by atoms with Crippen molar-refractivity contribution in [2.24, 2.45) is 0 Å². The second kappa shape index (κ2) is 5.97. The van der Waals surface area contributed by atoms with Gasteiger partial charge in [0.05, 0.1) is 6.04 Å². The van der Waals surface area contributed by atoms with E-state index in [4.69, 9.17) is 18.9 Å². The number of carbonyl (C=O) groups is 1. The predicted molar refractivity (Wildman–Crippen MR) is 86.2 cm³/mol. The molecule has 0 bridgehead atoms. The van der Waals surface area contributed by atoms with Gasteiger partial charge < -0.3 is 34.7 Å². The second-order valence-corrected chi connectivity index (χ2v) is 5.53. The van der Waals surface area contributed by atoms with Gasteiger partial charge in [-0.25, -0.2) is 4.79 Å². The minimum Gasteiger partial charge on any atom is -0.507 e. The van der Waals surface area contributed by atoms with Crippen LogP contribution in [0.2, 0.25) is 0 Å². The number of hydrogen-bond donors (Lipinski definition) is 3. The Morgan fingerprint density at radius 3 is 2.36 bits per heavy atom. The predicted octanol–water partition coefficient (Wildman–Crippen LogP) is 1.87. The molecule has 2 aliphatic rings. The lowest BCUT2D eigenvalue weighted by Crippen LogP contribution is -2.36. The summed E-state index contributed by atoms with van der Waals surface area (Å²) in [5, 5.41) is 15.8. The number of urea groups is 1. The van der Waals surface area contributed by atoms with Gasteiger partial charge in [0, 0.05) is 18.7 Å². The van der Waals surface area contributed by atoms with Gasteiger partial charge in [-0.05, 0) is 23.8 Å². The number of benzene rings is 2. The average molecular weight is 344 g/mol. The molecule has 1 unspecified atom stereocenters. The maximum Gasteiger partial charge on any atom is 0.315 e. The van der Waals surface area contributed by atoms with Gasteiger partial charge in [0.15, 0.2) is 23.0 Å². The van der Waals surface area contributed by atoms with E-state index >= 15 is 0 Å². The molecule has 1 atom stereocenters. The van der Waals surface area contributed by atoms with Gasteiger partial charge in [-0.2, -0.15) is 0 Å². The van der Waals surface area contributed by atoms with Gasteiger partial charge in [0.1, 0.15) is 5.75 Å². The number of amides is 2. The highest BCUT2D eigenvalue weighted by molar-refractivity contribution is 5.75. The molecule has 0 aromatic heterocycles. The molecule has 2 aliphatic heterocycles. The van der Waals surface area contributed by atoms with Crippen LogP contribution < -0.4 is 29.6 Å². The highest BCUT2D eigenvalue weighted by atomic mass is 16.7. The van der Waals surface area contributed by atoms with E-state index in [0.717, 1.165) is 5.56 Å². The topological polar surface area (TPSA) is 98.3 Å². The first kappa shape index (κ1) is 15.3. The Hall–Kier alpha value is -3.29. The number of fused-ring (bicyclic) bond motifs is 2. The van der Waals surface area contributed by atoms with E-state index in [1.165, 1.54) is 13.1 Å². The normalized spacial score (nSPS) is 14.9. The number of hydrogen-bond acceptors (Lipinski definition) is 6. The molecule has 4 rings (SSSR count). The van der Waals surface area contributed by atoms with Gasteiger partial charge >= 0.3 is 6.03 Å². The first-order chi connectivity index (χ1) is 12.2. The summed E-state index contributed by atoms with van der Waals surface area (Å²) < 4.78 is 21.4. The Balaban J connectivity index is 1.77. The van der Waals surface area contributed by atoms with Crippen LogP contribution in [-0.4, -0.2) is 31.8 Å². The van der Waals surface area contributed by atoms with Gasteiger partial charge in [-0.15, -0.1) is 0 Å². The summed E-state index contributed by atoms with van der Waals surface area (Å²) in [6.07, 6.45) is 0. The molecular weight excluding hydrogens is 328 g/mol. The van der Waals surface area contributed by atoms with Crippen LogP contribution in [0.3, 0.4) is 0 Å². The summed E-state index contributed by atoms with van der Waals surface area (Å²) in [5.41, 5.74) is 1.20. The minimum atomic E-state index is -0.621. The van der Waals surface area contributed by atoms with Gasteiger partial charge in [0.2, 0.25) is 13.6 Å². The molecule has 0 radical (unpaired) electrons. The molecule has 2 heterocycles. The van der Waals surface area contributed by atoms with Crippen molar-refractivity contribution in [1.29, 1.82) is 0 Å². The Morgan fingerprint density at radius 1 is 1.00 bits per heavy atom. The van der Waals surface area contributed by atoms with Crippen molar-refractivity contribution in [2.75, 3.05) is 20.6 Å². The van der Waals surface area contributed by atoms with E-state index in [9.17, 15) is 9.90 Å². The van der Waals surface area contributed by atoms with Gasteiger partial charge in [0.25, 0.3) is 0 Å². The van der Waals surface area contributed by atoms with E-state index in [-0.39, 0.29) is 25.4 Å². The third-order valence-electron chi connectivity index (χ3n) is 4.07. The fourth-order valence-electron chi connectivity index (χ4n) is 2.81. The molecule has 2 aromatic carbocycles. The average Bonchev–Trinajstić information content (AvgIpc) is 3.26. The standard InChI is InChI=1S/C17H16N2O6/c1-18-17(21)19-16(9-2-3-12-13(4-9)23-7-22-12)10-5-14-15(6-11(10)20)25-8-24-14/h2-6,16,20H,7-8H2,1H3,(H2,18,19,21). The van der Waals surface area contributed by atoms with Crippen molar-refractivity contribution in [3.63, 3.8) is 0 Å². The quantitative estimate of drug-likeness (QED) is 0.786. The zero-order valence-corrected chi connectivity index (χ0v) is 13.4. The zero-order chi connectivity index (χ0) is 17.4. The van der Waals surface area contributed by atoms with Crippen molar-refractivity contribution in [3.8, 4) is 28.7 Å². The van der Waals surface area contributed by atoms with E-state index in [1.54, 1.807) is 24.3 Å². The molecule has 0 aliphatic carbocycles. The van der Waals surface area contributed by atoms with Crippen LogP contribution in [-0.2, 0) is 0 Å². The second-order valence-electron chi connectivity index (χ2n) is 5.53. The first-order valence-electron chi connectivity index (χ1n) is 7.66. The molecule has 130 valence electrons. The molecule has 0 saturated heterocycles. The largest absolute Gasteiger partial charge is 0.507 e. The van der Waals surface area contributed by atoms with Crippen molar-refractivity contribution in [2.45, 2.75) is 6.04 Å². The molecule has 8 heteroatoms. The van der Waals surface area contributed by atoms with E-state index in [2.05, 4.69) is 10.6 Å². The number of ether oxygens (including phenoxy) is 4. The molecule has 2 amide bonds. The minimum absolute atomic E-state index is 0.0108. The molecule has 0 saturated carbocycles. The monoisotopic (exact) mass is 344 g/mol. The molecule has 2 aromatic rings. The number of rotatable bonds is 3. The van der Waals surface area contributed by atoms with Crippen molar-refractivity contribution < 1.29 is 28.8 Å². The molecule has 0 spiro atoms. The van der Waals surface area contributed by atoms with Crippen LogP contribution in [0.25, 0.3) is 0 Å². The van der Waals surface area contributed by atoms with Crippen LogP contribution in [0.1, 0.15) is 17.2 Å². The van der Waals surface area contributed by atoms with Crippen LogP contribution >= 0.6 is 0 Å². The maximum absolute atomic E-state index is 11.9. The van der Waals surface area contributed by atoms with Gasteiger partial charge in [-0.3, -0.25) is 0 Å². The highest BCUT2D eigenvalue weighted by Gasteiger charge is 2.26. The Labute approximate surface area is 143 Å². The van der Waals surface area contributed by atoms with Crippen molar-refractivity contribution in [1.82, 2.24) is 10.6 Å². The summed E-state index contributed by atoms with van der Waals surface area (Å²) >= 11 is 0. The Bertz CT molecular complexity index is 838. The van der Waals surface area contributed by atoms with Crippen molar-refractivity contribution >= 4 is 6.03 Å². The Kier molecular flexibility index (Phi) is 3.64. The third-order valence-corrected chi connectivity index (χ3v) is 4.07. The summed E-state index contributed by atoms with van der Waals surface area (Å²) in [6, 6.07) is 7.46. The molecule has 25 heavy (non-hydrogen) atoms. The maximum atomic E-state index is 11.9. The molecular formula is C17H16N2O6. The summed E-state index contributed by atoms with van der Waals surface area (Å²) in [6.45, 7) is 0.247. The zero-order valence-electron chi connectivity index (χ0n) is 13.4. The fraction of sp³-hybridized carbons (Fsp3) is 0.235. The van der Waals surface area contributed by atoms with E-state index in [1.807, 2.05) is 0 Å². The van der Waals surface area contributed by atoms with Crippen LogP contribution in [0.4, 0.5) is 4.79 Å². The lowest BCUT2D eigenvalue weighted by molar-refractivity contribution is 0.173. The molecule has 8 nitrogen and oxygen atoms in total. The smallest absolute Gasteiger partial charge is 0.315 e. The van der Waals surface area contributed by atoms with E-state index in [0.29, 0.717) is 28.6 Å². The summed E-state index contributed by atoms with van der Waals surface area (Å²) in [7, 11) is 1.52. The van der Waals surface area contributed by atoms with E-state index < -0.39 is 6.04 Å². The fourth-order valence-corrected chi connectivity index (χ4v) is 2.81. The number of carbonyl (C=O) groups excluding carboxylic acids is 1. The highest BCUT2D eigenvalue weighted by Crippen LogP contribution is 2.42. The summed E-state index contributed by atoms with van der Waals surface area (Å²) in [4.78, 5) is 11.9. The molecule has 0 fully saturated rings. The number of phenolic OH excluding ortho intramolecular Hbond substituents is 1. The third kappa shape index (κ3) is 2.71. The molecule has 3 N–H and O–H groups in total.